The first kappa shape index (κ1) is 13.7. The van der Waals surface area contributed by atoms with Gasteiger partial charge in [0.05, 0.1) is 5.69 Å². The molecule has 0 radical (unpaired) electrons. The lowest BCUT2D eigenvalue weighted by atomic mass is 10.2. The van der Waals surface area contributed by atoms with Crippen LogP contribution in [0.3, 0.4) is 0 Å². The Morgan fingerprint density at radius 2 is 2.17 bits per heavy atom. The predicted octanol–water partition coefficient (Wildman–Crippen LogP) is 1.81. The fourth-order valence-electron chi connectivity index (χ4n) is 1.26. The summed E-state index contributed by atoms with van der Waals surface area (Å²) in [7, 11) is 0. The number of nitrogens with zero attached hydrogens (tertiary/aromatic N) is 2. The van der Waals surface area contributed by atoms with Crippen molar-refractivity contribution in [2.45, 2.75) is 20.3 Å². The van der Waals surface area contributed by atoms with Gasteiger partial charge in [0.1, 0.15) is 6.07 Å². The number of carbonyl (C=O) groups excluding carboxylic acids is 1. The number of hydrogen-bond acceptors (Lipinski definition) is 4. The van der Waals surface area contributed by atoms with Crippen LogP contribution in [-0.2, 0) is 4.79 Å². The number of hydrogen-bond donors (Lipinski definition) is 2. The molecule has 1 aromatic rings. The second-order valence-corrected chi connectivity index (χ2v) is 3.75. The van der Waals surface area contributed by atoms with Crippen LogP contribution in [0.2, 0.25) is 0 Å². The topological polar surface area (TPSA) is 77.3 Å². The molecule has 0 aliphatic carbocycles. The molecule has 0 unspecified atom stereocenters. The molecule has 0 heterocycles. The van der Waals surface area contributed by atoms with E-state index in [4.69, 9.17) is 5.26 Å². The summed E-state index contributed by atoms with van der Waals surface area (Å²) >= 11 is 0. The molecule has 0 saturated heterocycles. The lowest BCUT2D eigenvalue weighted by molar-refractivity contribution is -0.114. The van der Waals surface area contributed by atoms with Crippen molar-refractivity contribution in [1.82, 2.24) is 5.32 Å². The number of nitrogens with one attached hydrogen (secondary N) is 2. The second-order valence-electron chi connectivity index (χ2n) is 3.75. The quantitative estimate of drug-likeness (QED) is 0.612. The summed E-state index contributed by atoms with van der Waals surface area (Å²) in [6, 6.07) is 9.29. The molecule has 1 rings (SSSR count). The number of hydrazone groups is 1. The lowest BCUT2D eigenvalue weighted by Gasteiger charge is -2.05. The summed E-state index contributed by atoms with van der Waals surface area (Å²) < 4.78 is 0. The second kappa shape index (κ2) is 7.07. The Labute approximate surface area is 107 Å². The van der Waals surface area contributed by atoms with E-state index in [0.717, 1.165) is 17.7 Å². The minimum Gasteiger partial charge on any atom is -0.350 e. The molecule has 0 spiro atoms. The zero-order valence-electron chi connectivity index (χ0n) is 10.5. The number of carbonyl (C=O) groups is 1. The van der Waals surface area contributed by atoms with Crippen LogP contribution < -0.4 is 10.7 Å². The molecule has 0 fully saturated rings. The molecule has 0 saturated carbocycles. The van der Waals surface area contributed by atoms with E-state index in [1.807, 2.05) is 38.1 Å². The molecule has 0 aliphatic rings. The first-order valence-electron chi connectivity index (χ1n) is 5.76. The van der Waals surface area contributed by atoms with E-state index < -0.39 is 5.91 Å². The summed E-state index contributed by atoms with van der Waals surface area (Å²) in [6.45, 7) is 4.39. The van der Waals surface area contributed by atoms with Gasteiger partial charge in [0, 0.05) is 6.54 Å². The van der Waals surface area contributed by atoms with E-state index in [9.17, 15) is 4.79 Å². The smallest absolute Gasteiger partial charge is 0.282 e. The van der Waals surface area contributed by atoms with E-state index in [2.05, 4.69) is 15.8 Å². The van der Waals surface area contributed by atoms with Crippen LogP contribution in [0.4, 0.5) is 5.69 Å². The largest absolute Gasteiger partial charge is 0.350 e. The maximum absolute atomic E-state index is 11.5. The van der Waals surface area contributed by atoms with E-state index >= 15 is 0 Å². The summed E-state index contributed by atoms with van der Waals surface area (Å²) in [4.78, 5) is 11.5. The van der Waals surface area contributed by atoms with Crippen LogP contribution in [0.25, 0.3) is 0 Å². The Balaban J connectivity index is 2.72. The lowest BCUT2D eigenvalue weighted by Crippen LogP contribution is -2.31. The average molecular weight is 244 g/mol. The molecule has 5 nitrogen and oxygen atoms in total. The van der Waals surface area contributed by atoms with Crippen LogP contribution in [0.15, 0.2) is 29.4 Å². The average Bonchev–Trinajstić information content (AvgIpc) is 2.39. The molecule has 18 heavy (non-hydrogen) atoms. The summed E-state index contributed by atoms with van der Waals surface area (Å²) in [5.74, 6) is -0.458. The summed E-state index contributed by atoms with van der Waals surface area (Å²) in [6.07, 6.45) is 0.815. The molecular weight excluding hydrogens is 228 g/mol. The van der Waals surface area contributed by atoms with E-state index in [1.165, 1.54) is 0 Å². The zero-order valence-corrected chi connectivity index (χ0v) is 10.5. The van der Waals surface area contributed by atoms with Gasteiger partial charge in [0.15, 0.2) is 0 Å². The number of para-hydroxylation sites is 1. The number of nitriles is 1. The summed E-state index contributed by atoms with van der Waals surface area (Å²) in [5, 5.41) is 15.3. The Morgan fingerprint density at radius 3 is 2.78 bits per heavy atom. The Hall–Kier alpha value is -2.35. The Morgan fingerprint density at radius 1 is 1.44 bits per heavy atom. The van der Waals surface area contributed by atoms with Gasteiger partial charge in [-0.15, -0.1) is 0 Å². The molecule has 0 bridgehead atoms. The van der Waals surface area contributed by atoms with Crippen LogP contribution in [0.5, 0.6) is 0 Å². The van der Waals surface area contributed by atoms with Crippen molar-refractivity contribution in [1.29, 1.82) is 5.26 Å². The molecular formula is C13H16N4O. The van der Waals surface area contributed by atoms with E-state index in [-0.39, 0.29) is 5.71 Å². The molecule has 0 aliphatic heterocycles. The molecule has 1 amide bonds. The van der Waals surface area contributed by atoms with Crippen molar-refractivity contribution >= 4 is 17.3 Å². The van der Waals surface area contributed by atoms with E-state index in [1.54, 1.807) is 6.07 Å². The fourth-order valence-corrected chi connectivity index (χ4v) is 1.26. The SMILES string of the molecule is CCCNC(=O)/C(C#N)=N/Nc1ccccc1C. The minimum atomic E-state index is -0.458. The van der Waals surface area contributed by atoms with Crippen molar-refractivity contribution in [2.24, 2.45) is 5.10 Å². The fraction of sp³-hybridized carbons (Fsp3) is 0.308. The number of anilines is 1. The molecule has 0 aromatic heterocycles. The maximum Gasteiger partial charge on any atom is 0.282 e. The molecule has 5 heteroatoms. The van der Waals surface area contributed by atoms with Crippen molar-refractivity contribution in [2.75, 3.05) is 12.0 Å². The third-order valence-corrected chi connectivity index (χ3v) is 2.29. The van der Waals surface area contributed by atoms with Gasteiger partial charge in [-0.25, -0.2) is 0 Å². The van der Waals surface area contributed by atoms with Crippen LogP contribution in [-0.4, -0.2) is 18.2 Å². The van der Waals surface area contributed by atoms with Crippen molar-refractivity contribution in [3.63, 3.8) is 0 Å². The zero-order chi connectivity index (χ0) is 13.4. The molecule has 2 N–H and O–H groups in total. The van der Waals surface area contributed by atoms with Crippen molar-refractivity contribution in [3.05, 3.63) is 29.8 Å². The highest BCUT2D eigenvalue weighted by molar-refractivity contribution is 6.45. The number of benzene rings is 1. The minimum absolute atomic E-state index is 0.174. The highest BCUT2D eigenvalue weighted by Gasteiger charge is 2.09. The van der Waals surface area contributed by atoms with Crippen molar-refractivity contribution < 1.29 is 4.79 Å². The first-order chi connectivity index (χ1) is 8.69. The highest BCUT2D eigenvalue weighted by Crippen LogP contribution is 2.12. The van der Waals surface area contributed by atoms with Gasteiger partial charge in [-0.3, -0.25) is 10.2 Å². The van der Waals surface area contributed by atoms with Gasteiger partial charge >= 0.3 is 0 Å². The number of aryl methyl sites for hydroxylation is 1. The van der Waals surface area contributed by atoms with Gasteiger partial charge in [0.25, 0.3) is 5.91 Å². The summed E-state index contributed by atoms with van der Waals surface area (Å²) in [5.41, 5.74) is 4.32. The number of rotatable bonds is 5. The van der Waals surface area contributed by atoms with Crippen LogP contribution >= 0.6 is 0 Å². The van der Waals surface area contributed by atoms with Crippen molar-refractivity contribution in [3.8, 4) is 6.07 Å². The Bertz CT molecular complexity index is 488. The van der Waals surface area contributed by atoms with Gasteiger partial charge < -0.3 is 5.32 Å². The normalized spacial score (nSPS) is 10.6. The first-order valence-corrected chi connectivity index (χ1v) is 5.76. The van der Waals surface area contributed by atoms with Gasteiger partial charge in [-0.05, 0) is 25.0 Å². The highest BCUT2D eigenvalue weighted by atomic mass is 16.1. The molecule has 0 atom stereocenters. The monoisotopic (exact) mass is 244 g/mol. The van der Waals surface area contributed by atoms with E-state index in [0.29, 0.717) is 6.54 Å². The molecule has 1 aromatic carbocycles. The maximum atomic E-state index is 11.5. The van der Waals surface area contributed by atoms with Gasteiger partial charge in [0.2, 0.25) is 5.71 Å². The van der Waals surface area contributed by atoms with Gasteiger partial charge in [-0.2, -0.15) is 10.4 Å². The number of amides is 1. The predicted molar refractivity (Wildman–Crippen MR) is 71.2 cm³/mol. The standard InChI is InChI=1S/C13H16N4O/c1-3-8-15-13(18)12(9-14)17-16-11-7-5-4-6-10(11)2/h4-7,16H,3,8H2,1-2H3,(H,15,18)/b17-12+. The molecule has 94 valence electrons. The third-order valence-electron chi connectivity index (χ3n) is 2.29. The van der Waals surface area contributed by atoms with Gasteiger partial charge in [-0.1, -0.05) is 25.1 Å². The third kappa shape index (κ3) is 3.91. The van der Waals surface area contributed by atoms with Crippen LogP contribution in [0.1, 0.15) is 18.9 Å². The Kier molecular flexibility index (Phi) is 5.39. The van der Waals surface area contributed by atoms with Crippen LogP contribution in [0, 0.1) is 18.3 Å².